The van der Waals surface area contributed by atoms with Crippen LogP contribution in [0.4, 0.5) is 0 Å². The highest BCUT2D eigenvalue weighted by molar-refractivity contribution is 7.14. The number of benzene rings is 1. The van der Waals surface area contributed by atoms with Gasteiger partial charge in [-0.1, -0.05) is 24.3 Å². The molecule has 0 atom stereocenters. The first-order chi connectivity index (χ1) is 13.3. The number of thiazole rings is 1. The molecule has 1 amide bonds. The van der Waals surface area contributed by atoms with Gasteiger partial charge in [0, 0.05) is 35.3 Å². The number of nitrogens with zero attached hydrogens (tertiary/aromatic N) is 3. The Hall–Kier alpha value is -2.77. The van der Waals surface area contributed by atoms with Crippen LogP contribution >= 0.6 is 22.7 Å². The van der Waals surface area contributed by atoms with Crippen LogP contribution in [0.2, 0.25) is 0 Å². The van der Waals surface area contributed by atoms with Crippen LogP contribution in [-0.2, 0) is 24.3 Å². The fourth-order valence-electron chi connectivity index (χ4n) is 2.78. The number of amides is 1. The monoisotopic (exact) mass is 394 g/mol. The largest absolute Gasteiger partial charge is 0.352 e. The molecule has 0 saturated heterocycles. The zero-order valence-electron chi connectivity index (χ0n) is 14.5. The van der Waals surface area contributed by atoms with Crippen molar-refractivity contribution in [3.63, 3.8) is 0 Å². The number of rotatable bonds is 7. The molecule has 136 valence electrons. The minimum absolute atomic E-state index is 0.0222. The van der Waals surface area contributed by atoms with Gasteiger partial charge in [0.2, 0.25) is 5.91 Å². The molecular formula is C20H18N4OS2. The zero-order valence-corrected chi connectivity index (χ0v) is 16.2. The van der Waals surface area contributed by atoms with Gasteiger partial charge >= 0.3 is 0 Å². The van der Waals surface area contributed by atoms with Crippen LogP contribution in [-0.4, -0.2) is 20.7 Å². The third kappa shape index (κ3) is 4.50. The number of nitrogens with one attached hydrogen (secondary N) is 1. The van der Waals surface area contributed by atoms with E-state index in [1.807, 2.05) is 52.0 Å². The average Bonchev–Trinajstić information content (AvgIpc) is 3.43. The van der Waals surface area contributed by atoms with Gasteiger partial charge < -0.3 is 5.32 Å². The maximum Gasteiger partial charge on any atom is 0.226 e. The van der Waals surface area contributed by atoms with E-state index < -0.39 is 0 Å². The Morgan fingerprint density at radius 2 is 2.00 bits per heavy atom. The number of hydrogen-bond acceptors (Lipinski definition) is 5. The van der Waals surface area contributed by atoms with E-state index in [9.17, 15) is 4.79 Å². The Bertz CT molecular complexity index is 1010. The summed E-state index contributed by atoms with van der Waals surface area (Å²) in [6.45, 7) is 1.19. The first-order valence-corrected chi connectivity index (χ1v) is 10.4. The fourth-order valence-corrected chi connectivity index (χ4v) is 4.31. The maximum absolute atomic E-state index is 12.3. The number of carbonyl (C=O) groups is 1. The van der Waals surface area contributed by atoms with Gasteiger partial charge in [-0.3, -0.25) is 9.48 Å². The van der Waals surface area contributed by atoms with E-state index in [0.29, 0.717) is 19.5 Å². The summed E-state index contributed by atoms with van der Waals surface area (Å²) in [6, 6.07) is 12.0. The van der Waals surface area contributed by atoms with E-state index in [4.69, 9.17) is 0 Å². The third-order valence-electron chi connectivity index (χ3n) is 4.15. The van der Waals surface area contributed by atoms with Crippen LogP contribution in [0, 0.1) is 0 Å². The molecule has 0 bridgehead atoms. The van der Waals surface area contributed by atoms with E-state index in [2.05, 4.69) is 26.8 Å². The summed E-state index contributed by atoms with van der Waals surface area (Å²) in [4.78, 5) is 16.9. The first-order valence-electron chi connectivity index (χ1n) is 8.56. The van der Waals surface area contributed by atoms with Gasteiger partial charge in [-0.05, 0) is 28.6 Å². The molecule has 0 radical (unpaired) electrons. The van der Waals surface area contributed by atoms with Crippen LogP contribution in [0.1, 0.15) is 16.8 Å². The van der Waals surface area contributed by atoms with E-state index >= 15 is 0 Å². The highest BCUT2D eigenvalue weighted by Gasteiger charge is 2.10. The molecule has 0 fully saturated rings. The number of carbonyl (C=O) groups excluding carboxylic acids is 1. The highest BCUT2D eigenvalue weighted by atomic mass is 32.1. The van der Waals surface area contributed by atoms with Gasteiger partial charge in [-0.15, -0.1) is 11.3 Å². The molecule has 0 aliphatic rings. The van der Waals surface area contributed by atoms with Crippen LogP contribution in [0.25, 0.3) is 10.6 Å². The molecule has 0 unspecified atom stereocenters. The Balaban J connectivity index is 1.36. The molecule has 0 spiro atoms. The predicted molar refractivity (Wildman–Crippen MR) is 109 cm³/mol. The van der Waals surface area contributed by atoms with E-state index in [1.165, 1.54) is 0 Å². The number of aromatic nitrogens is 3. The molecular weight excluding hydrogens is 376 g/mol. The van der Waals surface area contributed by atoms with Crippen LogP contribution in [0.5, 0.6) is 0 Å². The summed E-state index contributed by atoms with van der Waals surface area (Å²) < 4.78 is 1.88. The van der Waals surface area contributed by atoms with Crippen molar-refractivity contribution in [2.24, 2.45) is 0 Å². The lowest BCUT2D eigenvalue weighted by Gasteiger charge is -2.10. The average molecular weight is 395 g/mol. The second kappa shape index (κ2) is 8.28. The molecule has 1 aromatic carbocycles. The van der Waals surface area contributed by atoms with Crippen LogP contribution in [0.3, 0.4) is 0 Å². The Labute approximate surface area is 165 Å². The van der Waals surface area contributed by atoms with Gasteiger partial charge in [0.1, 0.15) is 5.01 Å². The molecule has 3 aromatic heterocycles. The Kier molecular flexibility index (Phi) is 5.41. The highest BCUT2D eigenvalue weighted by Crippen LogP contribution is 2.25. The van der Waals surface area contributed by atoms with E-state index in [1.54, 1.807) is 28.9 Å². The van der Waals surface area contributed by atoms with Gasteiger partial charge in [-0.25, -0.2) is 4.98 Å². The van der Waals surface area contributed by atoms with E-state index in [0.717, 1.165) is 27.4 Å². The second-order valence-electron chi connectivity index (χ2n) is 6.08. The standard InChI is InChI=1S/C20H18N4OS2/c25-19(10-18-14-27-20(23-18)17-6-9-26-13-17)21-11-15-4-1-2-5-16(15)12-24-8-3-7-22-24/h1-9,13-14H,10-12H2,(H,21,25). The lowest BCUT2D eigenvalue weighted by atomic mass is 10.1. The molecule has 5 nitrogen and oxygen atoms in total. The van der Waals surface area contributed by atoms with Crippen molar-refractivity contribution >= 4 is 28.6 Å². The Morgan fingerprint density at radius 3 is 2.78 bits per heavy atom. The SMILES string of the molecule is O=C(Cc1csc(-c2ccsc2)n1)NCc1ccccc1Cn1cccn1. The summed E-state index contributed by atoms with van der Waals surface area (Å²) in [7, 11) is 0. The predicted octanol–water partition coefficient (Wildman–Crippen LogP) is 3.98. The van der Waals surface area contributed by atoms with Crippen molar-refractivity contribution in [3.05, 3.63) is 81.8 Å². The fraction of sp³-hybridized carbons (Fsp3) is 0.150. The quantitative estimate of drug-likeness (QED) is 0.516. The number of thiophene rings is 1. The van der Waals surface area contributed by atoms with Gasteiger partial charge in [-0.2, -0.15) is 16.4 Å². The molecule has 4 rings (SSSR count). The molecule has 7 heteroatoms. The lowest BCUT2D eigenvalue weighted by molar-refractivity contribution is -0.120. The maximum atomic E-state index is 12.3. The summed E-state index contributed by atoms with van der Waals surface area (Å²) in [5.41, 5.74) is 4.17. The van der Waals surface area contributed by atoms with Gasteiger partial charge in [0.05, 0.1) is 18.7 Å². The molecule has 1 N–H and O–H groups in total. The molecule has 3 heterocycles. The van der Waals surface area contributed by atoms with Gasteiger partial charge in [0.25, 0.3) is 0 Å². The van der Waals surface area contributed by atoms with Crippen molar-refractivity contribution in [3.8, 4) is 10.6 Å². The molecule has 27 heavy (non-hydrogen) atoms. The third-order valence-corrected chi connectivity index (χ3v) is 5.77. The van der Waals surface area contributed by atoms with Crippen molar-refractivity contribution in [2.75, 3.05) is 0 Å². The summed E-state index contributed by atoms with van der Waals surface area (Å²) in [6.07, 6.45) is 3.99. The Morgan fingerprint density at radius 1 is 1.11 bits per heavy atom. The minimum Gasteiger partial charge on any atom is -0.352 e. The second-order valence-corrected chi connectivity index (χ2v) is 7.72. The molecule has 0 saturated carbocycles. The number of hydrogen-bond donors (Lipinski definition) is 1. The summed E-state index contributed by atoms with van der Waals surface area (Å²) >= 11 is 3.22. The van der Waals surface area contributed by atoms with Crippen LogP contribution in [0.15, 0.2) is 64.9 Å². The van der Waals surface area contributed by atoms with Gasteiger partial charge in [0.15, 0.2) is 0 Å². The van der Waals surface area contributed by atoms with Crippen molar-refractivity contribution in [2.45, 2.75) is 19.5 Å². The minimum atomic E-state index is -0.0222. The normalized spacial score (nSPS) is 10.8. The van der Waals surface area contributed by atoms with Crippen molar-refractivity contribution in [1.82, 2.24) is 20.1 Å². The summed E-state index contributed by atoms with van der Waals surface area (Å²) in [5.74, 6) is -0.0222. The molecule has 4 aromatic rings. The summed E-state index contributed by atoms with van der Waals surface area (Å²) in [5, 5.41) is 14.3. The molecule has 0 aliphatic heterocycles. The molecule has 0 aliphatic carbocycles. The van der Waals surface area contributed by atoms with E-state index in [-0.39, 0.29) is 5.91 Å². The first kappa shape index (κ1) is 17.6. The topological polar surface area (TPSA) is 59.8 Å². The van der Waals surface area contributed by atoms with Crippen molar-refractivity contribution in [1.29, 1.82) is 0 Å². The van der Waals surface area contributed by atoms with Crippen molar-refractivity contribution < 1.29 is 4.79 Å². The van der Waals surface area contributed by atoms with Crippen LogP contribution < -0.4 is 5.32 Å². The lowest BCUT2D eigenvalue weighted by Crippen LogP contribution is -2.25. The smallest absolute Gasteiger partial charge is 0.226 e. The zero-order chi connectivity index (χ0) is 18.5.